The minimum atomic E-state index is 0.0186. The van der Waals surface area contributed by atoms with Crippen molar-refractivity contribution in [3.05, 3.63) is 65.7 Å². The lowest BCUT2D eigenvalue weighted by Gasteiger charge is -2.21. The lowest BCUT2D eigenvalue weighted by atomic mass is 10.0. The first-order chi connectivity index (χ1) is 12.6. The average Bonchev–Trinajstić information content (AvgIpc) is 2.65. The molecule has 2 aromatic carbocycles. The summed E-state index contributed by atoms with van der Waals surface area (Å²) in [6.07, 6.45) is 4.32. The van der Waals surface area contributed by atoms with Crippen molar-refractivity contribution in [1.82, 2.24) is 0 Å². The number of benzene rings is 2. The molecular weight excluding hydrogens is 328 g/mol. The molecule has 0 aliphatic carbocycles. The first-order valence-electron chi connectivity index (χ1n) is 8.85. The Morgan fingerprint density at radius 2 is 1.85 bits per heavy atom. The predicted molar refractivity (Wildman–Crippen MR) is 104 cm³/mol. The Morgan fingerprint density at radius 1 is 1.08 bits per heavy atom. The molecule has 0 aliphatic heterocycles. The lowest BCUT2D eigenvalue weighted by Crippen LogP contribution is -2.19. The fraction of sp³-hybridized carbons (Fsp3) is 0.364. The first-order valence-corrected chi connectivity index (χ1v) is 8.85. The molecule has 0 spiro atoms. The number of phenolic OH excluding ortho intramolecular Hbond substituents is 1. The van der Waals surface area contributed by atoms with Crippen LogP contribution in [-0.2, 0) is 24.2 Å². The van der Waals surface area contributed by atoms with Crippen molar-refractivity contribution in [2.24, 2.45) is 0 Å². The highest BCUT2D eigenvalue weighted by Gasteiger charge is 2.14. The summed E-state index contributed by atoms with van der Waals surface area (Å²) in [7, 11) is 3.23. The zero-order valence-corrected chi connectivity index (χ0v) is 15.8. The minimum Gasteiger partial charge on any atom is -0.504 e. The van der Waals surface area contributed by atoms with Crippen LogP contribution >= 0.6 is 0 Å². The Kier molecular flexibility index (Phi) is 7.54. The van der Waals surface area contributed by atoms with Crippen LogP contribution < -0.4 is 9.47 Å². The van der Waals surface area contributed by atoms with Crippen molar-refractivity contribution in [1.29, 1.82) is 0 Å². The molecule has 4 heteroatoms. The number of ether oxygens (including phenoxy) is 3. The van der Waals surface area contributed by atoms with E-state index in [2.05, 4.69) is 25.6 Å². The van der Waals surface area contributed by atoms with Gasteiger partial charge in [-0.25, -0.2) is 0 Å². The van der Waals surface area contributed by atoms with Crippen LogP contribution in [0.3, 0.4) is 0 Å². The second-order valence-electron chi connectivity index (χ2n) is 6.23. The molecule has 4 nitrogen and oxygen atoms in total. The topological polar surface area (TPSA) is 47.9 Å². The fourth-order valence-corrected chi connectivity index (χ4v) is 2.87. The van der Waals surface area contributed by atoms with E-state index in [1.807, 2.05) is 24.3 Å². The molecule has 0 aromatic heterocycles. The third-order valence-electron chi connectivity index (χ3n) is 4.26. The van der Waals surface area contributed by atoms with Gasteiger partial charge in [0.1, 0.15) is 11.9 Å². The zero-order chi connectivity index (χ0) is 18.9. The highest BCUT2D eigenvalue weighted by molar-refractivity contribution is 5.42. The third kappa shape index (κ3) is 5.27. The van der Waals surface area contributed by atoms with E-state index in [-0.39, 0.29) is 11.9 Å². The number of hydrogen-bond acceptors (Lipinski definition) is 4. The van der Waals surface area contributed by atoms with Crippen LogP contribution in [0.25, 0.3) is 0 Å². The molecule has 1 N–H and O–H groups in total. The molecule has 1 atom stereocenters. The standard InChI is InChI=1S/C22H28O4/c1-5-7-16-9-11-21(18(12-16)15-24-3)26-19(6-2)13-17-8-10-20(23)22(14-17)25-4/h5,8-12,14,19,23H,1,6-7,13,15H2,2-4H3. The molecular formula is C22H28O4. The SMILES string of the molecule is C=CCc1ccc(OC(CC)Cc2ccc(O)c(OC)c2)c(COC)c1. The van der Waals surface area contributed by atoms with E-state index in [0.717, 1.165) is 36.1 Å². The number of phenols is 1. The van der Waals surface area contributed by atoms with Crippen LogP contribution in [-0.4, -0.2) is 25.4 Å². The molecule has 1 unspecified atom stereocenters. The minimum absolute atomic E-state index is 0.0186. The van der Waals surface area contributed by atoms with E-state index in [1.165, 1.54) is 5.56 Å². The van der Waals surface area contributed by atoms with Gasteiger partial charge in [0.25, 0.3) is 0 Å². The summed E-state index contributed by atoms with van der Waals surface area (Å²) in [5.41, 5.74) is 3.28. The summed E-state index contributed by atoms with van der Waals surface area (Å²) < 4.78 is 16.8. The van der Waals surface area contributed by atoms with Crippen LogP contribution in [0.15, 0.2) is 49.1 Å². The number of methoxy groups -OCH3 is 2. The molecule has 0 saturated heterocycles. The fourth-order valence-electron chi connectivity index (χ4n) is 2.87. The van der Waals surface area contributed by atoms with Gasteiger partial charge in [-0.15, -0.1) is 6.58 Å². The van der Waals surface area contributed by atoms with Gasteiger partial charge >= 0.3 is 0 Å². The summed E-state index contributed by atoms with van der Waals surface area (Å²) in [5.74, 6) is 1.47. The van der Waals surface area contributed by atoms with E-state index >= 15 is 0 Å². The highest BCUT2D eigenvalue weighted by atomic mass is 16.5. The molecule has 0 radical (unpaired) electrons. The van der Waals surface area contributed by atoms with Gasteiger partial charge in [-0.2, -0.15) is 0 Å². The van der Waals surface area contributed by atoms with Gasteiger partial charge in [-0.05, 0) is 48.2 Å². The zero-order valence-electron chi connectivity index (χ0n) is 15.8. The number of allylic oxidation sites excluding steroid dienone is 1. The molecule has 0 aliphatic rings. The van der Waals surface area contributed by atoms with E-state index in [0.29, 0.717) is 12.4 Å². The van der Waals surface area contributed by atoms with Gasteiger partial charge in [-0.1, -0.05) is 25.1 Å². The monoisotopic (exact) mass is 356 g/mol. The van der Waals surface area contributed by atoms with Gasteiger partial charge in [0.05, 0.1) is 13.7 Å². The average molecular weight is 356 g/mol. The maximum absolute atomic E-state index is 9.75. The molecule has 140 valence electrons. The van der Waals surface area contributed by atoms with Crippen LogP contribution in [0, 0.1) is 0 Å². The molecule has 0 bridgehead atoms. The van der Waals surface area contributed by atoms with Crippen molar-refractivity contribution in [3.8, 4) is 17.2 Å². The molecule has 0 amide bonds. The lowest BCUT2D eigenvalue weighted by molar-refractivity contribution is 0.165. The first kappa shape index (κ1) is 19.9. The molecule has 26 heavy (non-hydrogen) atoms. The Hall–Kier alpha value is -2.46. The van der Waals surface area contributed by atoms with Gasteiger partial charge in [0.15, 0.2) is 11.5 Å². The van der Waals surface area contributed by atoms with Gasteiger partial charge in [-0.3, -0.25) is 0 Å². The third-order valence-corrected chi connectivity index (χ3v) is 4.26. The van der Waals surface area contributed by atoms with Crippen LogP contribution in [0.5, 0.6) is 17.2 Å². The number of rotatable bonds is 10. The molecule has 0 heterocycles. The van der Waals surface area contributed by atoms with Crippen molar-refractivity contribution in [3.63, 3.8) is 0 Å². The van der Waals surface area contributed by atoms with Crippen molar-refractivity contribution in [2.45, 2.75) is 38.9 Å². The molecule has 2 rings (SSSR count). The van der Waals surface area contributed by atoms with Crippen LogP contribution in [0.2, 0.25) is 0 Å². The van der Waals surface area contributed by atoms with E-state index in [9.17, 15) is 5.11 Å². The van der Waals surface area contributed by atoms with Gasteiger partial charge in [0, 0.05) is 19.1 Å². The summed E-state index contributed by atoms with van der Waals surface area (Å²) in [4.78, 5) is 0. The Bertz CT molecular complexity index is 724. The van der Waals surface area contributed by atoms with Crippen LogP contribution in [0.1, 0.15) is 30.0 Å². The van der Waals surface area contributed by atoms with Crippen molar-refractivity contribution in [2.75, 3.05) is 14.2 Å². The predicted octanol–water partition coefficient (Wildman–Crippen LogP) is 4.68. The maximum Gasteiger partial charge on any atom is 0.160 e. The van der Waals surface area contributed by atoms with E-state index in [4.69, 9.17) is 14.2 Å². The van der Waals surface area contributed by atoms with Crippen LogP contribution in [0.4, 0.5) is 0 Å². The van der Waals surface area contributed by atoms with Gasteiger partial charge in [0.2, 0.25) is 0 Å². The van der Waals surface area contributed by atoms with Crippen molar-refractivity contribution < 1.29 is 19.3 Å². The van der Waals surface area contributed by atoms with Gasteiger partial charge < -0.3 is 19.3 Å². The van der Waals surface area contributed by atoms with E-state index < -0.39 is 0 Å². The highest BCUT2D eigenvalue weighted by Crippen LogP contribution is 2.28. The number of hydrogen-bond donors (Lipinski definition) is 1. The molecule has 0 fully saturated rings. The Labute approximate surface area is 156 Å². The number of aromatic hydroxyl groups is 1. The second-order valence-corrected chi connectivity index (χ2v) is 6.23. The summed E-state index contributed by atoms with van der Waals surface area (Å²) in [6.45, 7) is 6.40. The largest absolute Gasteiger partial charge is 0.504 e. The summed E-state index contributed by atoms with van der Waals surface area (Å²) >= 11 is 0. The molecule has 2 aromatic rings. The summed E-state index contributed by atoms with van der Waals surface area (Å²) in [5, 5.41) is 9.75. The van der Waals surface area contributed by atoms with E-state index in [1.54, 1.807) is 20.3 Å². The Morgan fingerprint density at radius 3 is 2.50 bits per heavy atom. The smallest absolute Gasteiger partial charge is 0.160 e. The Balaban J connectivity index is 2.17. The van der Waals surface area contributed by atoms with Crippen molar-refractivity contribution >= 4 is 0 Å². The molecule has 0 saturated carbocycles. The normalized spacial score (nSPS) is 11.8. The second kappa shape index (κ2) is 9.88. The summed E-state index contributed by atoms with van der Waals surface area (Å²) in [6, 6.07) is 11.6. The maximum atomic E-state index is 9.75. The quantitative estimate of drug-likeness (QED) is 0.628.